The van der Waals surface area contributed by atoms with Gasteiger partial charge in [-0.1, -0.05) is 106 Å². The summed E-state index contributed by atoms with van der Waals surface area (Å²) in [7, 11) is 5.01. The summed E-state index contributed by atoms with van der Waals surface area (Å²) >= 11 is 0. The van der Waals surface area contributed by atoms with Gasteiger partial charge in [0.15, 0.2) is 17.2 Å². The fourth-order valence-corrected chi connectivity index (χ4v) is 15.6. The fraction of sp³-hybridized carbons (Fsp3) is 0.429. The fourth-order valence-electron chi connectivity index (χ4n) is 11.2. The molecule has 1 amide bonds. The number of phenols is 1. The minimum absolute atomic E-state index is 0.0279. The zero-order chi connectivity index (χ0) is 48.8. The Hall–Kier alpha value is -5.61. The molecule has 11 nitrogen and oxygen atoms in total. The highest BCUT2D eigenvalue weighted by molar-refractivity contribution is 7.95. The zero-order valence-electron chi connectivity index (χ0n) is 40.3. The molecule has 4 atom stereocenters. The van der Waals surface area contributed by atoms with E-state index in [2.05, 4.69) is 96.3 Å². The lowest BCUT2D eigenvalue weighted by atomic mass is 9.57. The number of benzene rings is 4. The number of unbranched alkanes of at least 4 members (excludes halogenated alkanes) is 10. The van der Waals surface area contributed by atoms with Gasteiger partial charge in [-0.15, -0.1) is 0 Å². The number of aliphatic hydroxyl groups is 3. The Morgan fingerprint density at radius 3 is 1.68 bits per heavy atom. The summed E-state index contributed by atoms with van der Waals surface area (Å²) in [6.07, 6.45) is 13.8. The second-order valence-corrected chi connectivity index (χ2v) is 23.0. The summed E-state index contributed by atoms with van der Waals surface area (Å²) in [6, 6.07) is 33.9. The van der Waals surface area contributed by atoms with Gasteiger partial charge in [-0.25, -0.2) is 0 Å². The van der Waals surface area contributed by atoms with Crippen molar-refractivity contribution in [2.24, 2.45) is 11.8 Å². The number of aromatic hydroxyl groups is 1. The van der Waals surface area contributed by atoms with Gasteiger partial charge in [-0.2, -0.15) is 0 Å². The van der Waals surface area contributed by atoms with Crippen LogP contribution in [0.1, 0.15) is 102 Å². The van der Waals surface area contributed by atoms with E-state index in [1.165, 1.54) is 59.3 Å². The van der Waals surface area contributed by atoms with Crippen LogP contribution < -0.4 is 26.1 Å². The quantitative estimate of drug-likeness (QED) is 0.0236. The number of Topliss-reactive ketones (excluding diaryl/α,β-unsaturated/α-hetero) is 3. The Kier molecular flexibility index (Phi) is 16.1. The largest absolute Gasteiger partial charge is 0.508 e. The molecule has 3 aliphatic carbocycles. The van der Waals surface area contributed by atoms with Crippen LogP contribution in [0.4, 0.5) is 11.4 Å². The van der Waals surface area contributed by atoms with E-state index in [1.54, 1.807) is 39.2 Å². The van der Waals surface area contributed by atoms with Crippen LogP contribution in [0.3, 0.4) is 0 Å². The van der Waals surface area contributed by atoms with Crippen molar-refractivity contribution in [3.8, 4) is 5.75 Å². The van der Waals surface area contributed by atoms with Gasteiger partial charge >= 0.3 is 0 Å². The van der Waals surface area contributed by atoms with Crippen molar-refractivity contribution >= 4 is 63.6 Å². The minimum atomic E-state index is -2.65. The second-order valence-electron chi connectivity index (χ2n) is 19.4. The first-order valence-corrected chi connectivity index (χ1v) is 26.4. The zero-order valence-corrected chi connectivity index (χ0v) is 41.2. The molecule has 7 rings (SSSR count). The number of nitrogens with zero attached hydrogens (tertiary/aromatic N) is 2. The van der Waals surface area contributed by atoms with Crippen LogP contribution in [-0.4, -0.2) is 94.6 Å². The Morgan fingerprint density at radius 1 is 0.721 bits per heavy atom. The van der Waals surface area contributed by atoms with E-state index in [0.29, 0.717) is 17.7 Å². The van der Waals surface area contributed by atoms with E-state index < -0.39 is 70.9 Å². The SMILES string of the molecule is CC(=O)C1=C(O)[C@@]2(O)C(=O)C3=C(O)c4c(O)c(NC(=O)CCCCCCCCCCCCC[P+](c5ccccc5)(c5ccccc5)c5ccccc5)cc(N(C)C)c4C[C@H]3C[C@H]2[C@H](N(C)C)C1=O. The summed E-state index contributed by atoms with van der Waals surface area (Å²) in [4.78, 5) is 57.0. The number of fused-ring (bicyclic) bond motifs is 3. The maximum Gasteiger partial charge on any atom is 0.224 e. The lowest BCUT2D eigenvalue weighted by molar-refractivity contribution is -0.153. The Labute approximate surface area is 402 Å². The number of rotatable bonds is 21. The number of carbonyl (C=O) groups is 4. The molecule has 0 heterocycles. The number of nitrogens with one attached hydrogen (secondary N) is 1. The minimum Gasteiger partial charge on any atom is -0.508 e. The van der Waals surface area contributed by atoms with Crippen LogP contribution in [0.15, 0.2) is 114 Å². The van der Waals surface area contributed by atoms with Crippen LogP contribution in [0, 0.1) is 11.8 Å². The van der Waals surface area contributed by atoms with Gasteiger partial charge in [0.2, 0.25) is 11.7 Å². The Bertz CT molecular complexity index is 2440. The molecule has 12 heteroatoms. The highest BCUT2D eigenvalue weighted by Crippen LogP contribution is 2.57. The predicted octanol–water partition coefficient (Wildman–Crippen LogP) is 8.75. The van der Waals surface area contributed by atoms with E-state index in [-0.39, 0.29) is 42.0 Å². The second kappa shape index (κ2) is 21.8. The molecule has 360 valence electrons. The molecule has 0 aliphatic heterocycles. The Morgan fingerprint density at radius 2 is 1.21 bits per heavy atom. The molecule has 1 saturated carbocycles. The molecule has 68 heavy (non-hydrogen) atoms. The average Bonchev–Trinajstić information content (AvgIpc) is 3.31. The first-order valence-electron chi connectivity index (χ1n) is 24.4. The van der Waals surface area contributed by atoms with E-state index in [9.17, 15) is 39.6 Å². The highest BCUT2D eigenvalue weighted by Gasteiger charge is 2.64. The van der Waals surface area contributed by atoms with Crippen LogP contribution in [0.5, 0.6) is 5.75 Å². The van der Waals surface area contributed by atoms with Crippen LogP contribution in [0.2, 0.25) is 0 Å². The van der Waals surface area contributed by atoms with Gasteiger partial charge in [0.1, 0.15) is 46.0 Å². The standard InChI is InChI=1S/C56H68N3O8P/c1-37(60)47-53(64)50(59(4)5)43-35-38-34-42-45(58(2)3)36-44(51(62)49(42)52(63)48(38)55(66)56(43,67)54(47)65)57-46(61)32-24-13-11-9-7-6-8-10-12-14-25-33-68(39-26-18-15-19-27-39,40-28-20-16-21-29-40)41-30-22-17-23-31-41/h15-23,26-31,36,38,43,50,67H,6-14,24-25,32-35H2,1-5H3,(H3-,57,60,61,62,63,64,65,66)/p+1/t38-,43-,50-,56+/m0/s1. The summed E-state index contributed by atoms with van der Waals surface area (Å²) in [6.45, 7) is 1.08. The molecule has 5 N–H and O–H groups in total. The molecule has 0 spiro atoms. The first kappa shape index (κ1) is 50.3. The molecular weight excluding hydrogens is 874 g/mol. The van der Waals surface area contributed by atoms with E-state index >= 15 is 0 Å². The number of amides is 1. The van der Waals surface area contributed by atoms with Gasteiger partial charge in [0, 0.05) is 37.7 Å². The van der Waals surface area contributed by atoms with Gasteiger partial charge in [0.05, 0.1) is 23.5 Å². The van der Waals surface area contributed by atoms with Crippen LogP contribution >= 0.6 is 7.26 Å². The number of aliphatic hydroxyl groups excluding tert-OH is 2. The van der Waals surface area contributed by atoms with Crippen molar-refractivity contribution in [1.29, 1.82) is 0 Å². The molecule has 0 unspecified atom stereocenters. The lowest BCUT2D eigenvalue weighted by Crippen LogP contribution is -2.65. The third-order valence-corrected chi connectivity index (χ3v) is 19.1. The van der Waals surface area contributed by atoms with Crippen molar-refractivity contribution in [1.82, 2.24) is 4.90 Å². The van der Waals surface area contributed by atoms with Crippen molar-refractivity contribution in [3.05, 3.63) is 125 Å². The van der Waals surface area contributed by atoms with E-state index in [1.807, 2.05) is 0 Å². The summed E-state index contributed by atoms with van der Waals surface area (Å²) in [5.41, 5.74) is -2.32. The lowest BCUT2D eigenvalue weighted by Gasteiger charge is -2.50. The summed E-state index contributed by atoms with van der Waals surface area (Å²) < 4.78 is 0. The molecule has 4 aromatic carbocycles. The molecule has 0 aromatic heterocycles. The maximum atomic E-state index is 14.4. The van der Waals surface area contributed by atoms with E-state index in [0.717, 1.165) is 38.8 Å². The maximum absolute atomic E-state index is 14.4. The molecule has 4 aromatic rings. The normalized spacial score (nSPS) is 20.2. The monoisotopic (exact) mass is 942 g/mol. The first-order chi connectivity index (χ1) is 32.6. The number of anilines is 2. The molecule has 1 fully saturated rings. The van der Waals surface area contributed by atoms with Gasteiger partial charge in [-0.3, -0.25) is 24.1 Å². The van der Waals surface area contributed by atoms with Crippen molar-refractivity contribution < 1.29 is 39.6 Å². The topological polar surface area (TPSA) is 168 Å². The number of ketones is 3. The number of carbonyl (C=O) groups excluding carboxylic acids is 4. The number of phenolic OH excluding ortho intramolecular Hbond substituents is 1. The average molecular weight is 943 g/mol. The van der Waals surface area contributed by atoms with Crippen LogP contribution in [-0.2, 0) is 25.6 Å². The van der Waals surface area contributed by atoms with Gasteiger partial charge in [-0.05, 0) is 107 Å². The molecule has 0 saturated heterocycles. The number of likely N-dealkylation sites (N-methyl/N-ethyl adjacent to an activating group) is 1. The van der Waals surface area contributed by atoms with Crippen LogP contribution in [0.25, 0.3) is 5.76 Å². The Balaban J connectivity index is 0.889. The van der Waals surface area contributed by atoms with Crippen molar-refractivity contribution in [2.75, 3.05) is 44.6 Å². The predicted molar refractivity (Wildman–Crippen MR) is 274 cm³/mol. The summed E-state index contributed by atoms with van der Waals surface area (Å²) in [5, 5.41) is 53.9. The van der Waals surface area contributed by atoms with E-state index in [4.69, 9.17) is 0 Å². The molecule has 0 bridgehead atoms. The highest BCUT2D eigenvalue weighted by atomic mass is 31.2. The molecule has 0 radical (unpaired) electrons. The number of hydrogen-bond acceptors (Lipinski definition) is 10. The smallest absolute Gasteiger partial charge is 0.224 e. The summed E-state index contributed by atoms with van der Waals surface area (Å²) in [5.74, 6) is -6.58. The third kappa shape index (κ3) is 9.81. The van der Waals surface area contributed by atoms with Crippen molar-refractivity contribution in [2.45, 2.75) is 108 Å². The van der Waals surface area contributed by atoms with Gasteiger partial charge in [0.25, 0.3) is 0 Å². The number of hydrogen-bond donors (Lipinski definition) is 5. The molecular formula is C56H69N3O8P+. The van der Waals surface area contributed by atoms with Crippen molar-refractivity contribution in [3.63, 3.8) is 0 Å². The van der Waals surface area contributed by atoms with Gasteiger partial charge < -0.3 is 30.6 Å². The molecule has 3 aliphatic rings. The third-order valence-electron chi connectivity index (χ3n) is 14.5.